The number of rotatable bonds is 1. The second-order valence-corrected chi connectivity index (χ2v) is 6.43. The highest BCUT2D eigenvalue weighted by Gasteiger charge is 2.44. The van der Waals surface area contributed by atoms with Gasteiger partial charge < -0.3 is 4.90 Å². The van der Waals surface area contributed by atoms with E-state index in [1.807, 2.05) is 0 Å². The summed E-state index contributed by atoms with van der Waals surface area (Å²) in [6, 6.07) is 13.4. The van der Waals surface area contributed by atoms with Crippen LogP contribution in [-0.2, 0) is 0 Å². The first-order valence-corrected chi connectivity index (χ1v) is 7.51. The summed E-state index contributed by atoms with van der Waals surface area (Å²) in [5.74, 6) is 0. The highest BCUT2D eigenvalue weighted by molar-refractivity contribution is 5.96. The topological polar surface area (TPSA) is 3.24 Å². The molecule has 1 saturated carbocycles. The minimum atomic E-state index is 0.761. The highest BCUT2D eigenvalue weighted by Crippen LogP contribution is 2.54. The first-order chi connectivity index (χ1) is 9.27. The van der Waals surface area contributed by atoms with E-state index in [4.69, 9.17) is 0 Å². The van der Waals surface area contributed by atoms with Gasteiger partial charge in [-0.3, -0.25) is 0 Å². The Bertz CT molecular complexity index is 615. The van der Waals surface area contributed by atoms with Crippen molar-refractivity contribution in [1.29, 1.82) is 0 Å². The maximum Gasteiger partial charge on any atom is 0.0446 e. The molecule has 2 aliphatic rings. The predicted molar refractivity (Wildman–Crippen MR) is 81.8 cm³/mol. The number of anilines is 1. The van der Waals surface area contributed by atoms with E-state index in [2.05, 4.69) is 48.2 Å². The van der Waals surface area contributed by atoms with Gasteiger partial charge in [0.1, 0.15) is 0 Å². The number of hydrogen-bond acceptors (Lipinski definition) is 1. The lowest BCUT2D eigenvalue weighted by molar-refractivity contribution is 0.385. The molecule has 1 nitrogen and oxygen atoms in total. The normalized spacial score (nSPS) is 21.0. The largest absolute Gasteiger partial charge is 0.371 e. The van der Waals surface area contributed by atoms with Gasteiger partial charge in [-0.2, -0.15) is 0 Å². The lowest BCUT2D eigenvalue weighted by atomic mass is 9.92. The molecule has 1 aliphatic carbocycles. The average Bonchev–Trinajstić information content (AvgIpc) is 3.21. The molecule has 4 rings (SSSR count). The summed E-state index contributed by atoms with van der Waals surface area (Å²) in [6.45, 7) is 4.70. The summed E-state index contributed by atoms with van der Waals surface area (Å²) in [4.78, 5) is 2.60. The van der Waals surface area contributed by atoms with Crippen molar-refractivity contribution >= 4 is 16.5 Å². The summed E-state index contributed by atoms with van der Waals surface area (Å²) in [5.41, 5.74) is 3.59. The zero-order valence-electron chi connectivity index (χ0n) is 11.7. The van der Waals surface area contributed by atoms with E-state index in [1.165, 1.54) is 60.8 Å². The molecule has 19 heavy (non-hydrogen) atoms. The van der Waals surface area contributed by atoms with Gasteiger partial charge in [0.05, 0.1) is 0 Å². The SMILES string of the molecule is Cc1ccc(N2CCC3(CC2)CC3)c2ccccc12. The molecule has 2 aromatic carbocycles. The number of fused-ring (bicyclic) bond motifs is 1. The zero-order valence-corrected chi connectivity index (χ0v) is 11.7. The van der Waals surface area contributed by atoms with Crippen LogP contribution >= 0.6 is 0 Å². The second kappa shape index (κ2) is 4.00. The van der Waals surface area contributed by atoms with E-state index < -0.39 is 0 Å². The zero-order chi connectivity index (χ0) is 12.9. The Morgan fingerprint density at radius 2 is 1.53 bits per heavy atom. The monoisotopic (exact) mass is 251 g/mol. The van der Waals surface area contributed by atoms with Crippen LogP contribution in [0, 0.1) is 12.3 Å². The van der Waals surface area contributed by atoms with Crippen molar-refractivity contribution in [2.75, 3.05) is 18.0 Å². The van der Waals surface area contributed by atoms with Gasteiger partial charge in [0.25, 0.3) is 0 Å². The fraction of sp³-hybridized carbons (Fsp3) is 0.444. The Labute approximate surface area is 115 Å². The van der Waals surface area contributed by atoms with Gasteiger partial charge >= 0.3 is 0 Å². The predicted octanol–water partition coefficient (Wildman–Crippen LogP) is 4.53. The van der Waals surface area contributed by atoms with Gasteiger partial charge in [-0.15, -0.1) is 0 Å². The smallest absolute Gasteiger partial charge is 0.0446 e. The molecule has 1 spiro atoms. The molecule has 0 aromatic heterocycles. The number of hydrogen-bond donors (Lipinski definition) is 0. The maximum absolute atomic E-state index is 2.60. The van der Waals surface area contributed by atoms with Crippen molar-refractivity contribution in [2.24, 2.45) is 5.41 Å². The minimum absolute atomic E-state index is 0.761. The molecular weight excluding hydrogens is 230 g/mol. The molecule has 1 heterocycles. The van der Waals surface area contributed by atoms with E-state index >= 15 is 0 Å². The Morgan fingerprint density at radius 3 is 2.21 bits per heavy atom. The maximum atomic E-state index is 2.60. The van der Waals surface area contributed by atoms with E-state index in [9.17, 15) is 0 Å². The highest BCUT2D eigenvalue weighted by atomic mass is 15.1. The van der Waals surface area contributed by atoms with Crippen molar-refractivity contribution in [3.8, 4) is 0 Å². The van der Waals surface area contributed by atoms with E-state index in [1.54, 1.807) is 0 Å². The van der Waals surface area contributed by atoms with Crippen LogP contribution in [0.25, 0.3) is 10.8 Å². The Morgan fingerprint density at radius 1 is 0.842 bits per heavy atom. The van der Waals surface area contributed by atoms with E-state index in [0.29, 0.717) is 0 Å². The standard InChI is InChI=1S/C18H21N/c1-14-6-7-17(16-5-3-2-4-15(14)16)19-12-10-18(8-9-18)11-13-19/h2-7H,8-13H2,1H3. The van der Waals surface area contributed by atoms with Gasteiger partial charge in [-0.05, 0) is 55.0 Å². The van der Waals surface area contributed by atoms with E-state index in [-0.39, 0.29) is 0 Å². The minimum Gasteiger partial charge on any atom is -0.371 e. The molecule has 1 heteroatoms. The van der Waals surface area contributed by atoms with Crippen LogP contribution in [0.3, 0.4) is 0 Å². The first-order valence-electron chi connectivity index (χ1n) is 7.51. The summed E-state index contributed by atoms with van der Waals surface area (Å²) in [6.07, 6.45) is 5.76. The number of piperidine rings is 1. The Hall–Kier alpha value is -1.50. The van der Waals surface area contributed by atoms with Crippen molar-refractivity contribution in [1.82, 2.24) is 0 Å². The van der Waals surface area contributed by atoms with Gasteiger partial charge in [0.15, 0.2) is 0 Å². The quantitative estimate of drug-likeness (QED) is 0.720. The summed E-state index contributed by atoms with van der Waals surface area (Å²) < 4.78 is 0. The molecular formula is C18H21N. The van der Waals surface area contributed by atoms with Crippen molar-refractivity contribution in [2.45, 2.75) is 32.6 Å². The molecule has 0 bridgehead atoms. The molecule has 2 aromatic rings. The molecule has 0 radical (unpaired) electrons. The molecule has 2 fully saturated rings. The third kappa shape index (κ3) is 1.83. The molecule has 0 amide bonds. The molecule has 0 unspecified atom stereocenters. The van der Waals surface area contributed by atoms with Crippen molar-refractivity contribution in [3.63, 3.8) is 0 Å². The van der Waals surface area contributed by atoms with Crippen LogP contribution in [0.1, 0.15) is 31.2 Å². The number of aryl methyl sites for hydroxylation is 1. The van der Waals surface area contributed by atoms with Crippen molar-refractivity contribution < 1.29 is 0 Å². The molecule has 0 N–H and O–H groups in total. The third-order valence-corrected chi connectivity index (χ3v) is 5.24. The van der Waals surface area contributed by atoms with Gasteiger partial charge in [-0.1, -0.05) is 30.3 Å². The summed E-state index contributed by atoms with van der Waals surface area (Å²) in [5, 5.41) is 2.83. The molecule has 98 valence electrons. The lowest BCUT2D eigenvalue weighted by Crippen LogP contribution is -2.34. The summed E-state index contributed by atoms with van der Waals surface area (Å²) in [7, 11) is 0. The Balaban J connectivity index is 1.73. The van der Waals surface area contributed by atoms with Gasteiger partial charge in [-0.25, -0.2) is 0 Å². The van der Waals surface area contributed by atoms with Gasteiger partial charge in [0, 0.05) is 24.2 Å². The van der Waals surface area contributed by atoms with Crippen LogP contribution in [0.5, 0.6) is 0 Å². The first kappa shape index (κ1) is 11.3. The van der Waals surface area contributed by atoms with Crippen LogP contribution in [0.2, 0.25) is 0 Å². The van der Waals surface area contributed by atoms with Crippen LogP contribution < -0.4 is 4.90 Å². The molecule has 1 aliphatic heterocycles. The molecule has 0 atom stereocenters. The fourth-order valence-corrected chi connectivity index (χ4v) is 3.61. The van der Waals surface area contributed by atoms with Crippen molar-refractivity contribution in [3.05, 3.63) is 42.0 Å². The van der Waals surface area contributed by atoms with Crippen LogP contribution in [0.4, 0.5) is 5.69 Å². The van der Waals surface area contributed by atoms with Crippen LogP contribution in [-0.4, -0.2) is 13.1 Å². The molecule has 1 saturated heterocycles. The Kier molecular flexibility index (Phi) is 2.38. The van der Waals surface area contributed by atoms with Gasteiger partial charge in [0.2, 0.25) is 0 Å². The average molecular weight is 251 g/mol. The lowest BCUT2D eigenvalue weighted by Gasteiger charge is -2.34. The summed E-state index contributed by atoms with van der Waals surface area (Å²) >= 11 is 0. The van der Waals surface area contributed by atoms with E-state index in [0.717, 1.165) is 5.41 Å². The second-order valence-electron chi connectivity index (χ2n) is 6.43. The number of benzene rings is 2. The number of nitrogens with zero attached hydrogens (tertiary/aromatic N) is 1. The third-order valence-electron chi connectivity index (χ3n) is 5.24. The fourth-order valence-electron chi connectivity index (χ4n) is 3.61. The van der Waals surface area contributed by atoms with Crippen LogP contribution in [0.15, 0.2) is 36.4 Å².